The number of hydrogen-bond acceptors (Lipinski definition) is 5. The highest BCUT2D eigenvalue weighted by atomic mass is 79.9. The van der Waals surface area contributed by atoms with Gasteiger partial charge in [-0.15, -0.1) is 0 Å². The van der Waals surface area contributed by atoms with E-state index in [0.717, 1.165) is 38.5 Å². The van der Waals surface area contributed by atoms with Crippen molar-refractivity contribution in [2.75, 3.05) is 26.1 Å². The number of halogens is 1. The topological polar surface area (TPSA) is 96.8 Å². The average molecular weight is 600 g/mol. The van der Waals surface area contributed by atoms with Crippen LogP contribution >= 0.6 is 15.9 Å². The molecule has 40 heavy (non-hydrogen) atoms. The number of amides is 2. The van der Waals surface area contributed by atoms with Crippen molar-refractivity contribution in [3.8, 4) is 22.8 Å². The SMILES string of the molecule is COc1cc2c(cc1OC)CN(C(=O)c1ccc(-c3ccc(NC(=O)c4cc5ccc(Br)cc5[nH]4)cc3)o1)CC2. The van der Waals surface area contributed by atoms with E-state index in [2.05, 4.69) is 26.2 Å². The van der Waals surface area contributed by atoms with Crippen LogP contribution in [0.1, 0.15) is 32.2 Å². The molecule has 1 aliphatic rings. The maximum absolute atomic E-state index is 13.2. The van der Waals surface area contributed by atoms with E-state index in [0.29, 0.717) is 41.7 Å². The summed E-state index contributed by atoms with van der Waals surface area (Å²) in [5, 5.41) is 3.87. The maximum Gasteiger partial charge on any atom is 0.289 e. The third kappa shape index (κ3) is 4.96. The number of carbonyl (C=O) groups excluding carboxylic acids is 2. The zero-order valence-corrected chi connectivity index (χ0v) is 23.5. The van der Waals surface area contributed by atoms with Gasteiger partial charge in [0.1, 0.15) is 11.5 Å². The molecule has 0 fully saturated rings. The van der Waals surface area contributed by atoms with Gasteiger partial charge in [0.05, 0.1) is 14.2 Å². The van der Waals surface area contributed by atoms with Crippen molar-refractivity contribution in [2.45, 2.75) is 13.0 Å². The Morgan fingerprint density at radius 2 is 1.68 bits per heavy atom. The van der Waals surface area contributed by atoms with E-state index in [1.807, 2.05) is 48.5 Å². The Labute approximate surface area is 239 Å². The Hall–Kier alpha value is -4.50. The van der Waals surface area contributed by atoms with E-state index in [4.69, 9.17) is 13.9 Å². The molecule has 2 aromatic heterocycles. The van der Waals surface area contributed by atoms with Crippen molar-refractivity contribution < 1.29 is 23.5 Å². The lowest BCUT2D eigenvalue weighted by Gasteiger charge is -2.29. The summed E-state index contributed by atoms with van der Waals surface area (Å²) < 4.78 is 17.7. The number of methoxy groups -OCH3 is 2. The summed E-state index contributed by atoms with van der Waals surface area (Å²) in [6.45, 7) is 1.05. The first-order valence-electron chi connectivity index (χ1n) is 12.7. The molecule has 0 atom stereocenters. The van der Waals surface area contributed by atoms with E-state index < -0.39 is 0 Å². The number of nitrogens with zero attached hydrogens (tertiary/aromatic N) is 1. The maximum atomic E-state index is 13.2. The molecule has 0 saturated heterocycles. The van der Waals surface area contributed by atoms with Crippen LogP contribution < -0.4 is 14.8 Å². The number of carbonyl (C=O) groups is 2. The van der Waals surface area contributed by atoms with Crippen LogP contribution in [0.4, 0.5) is 5.69 Å². The summed E-state index contributed by atoms with van der Waals surface area (Å²) in [6.07, 6.45) is 0.720. The summed E-state index contributed by atoms with van der Waals surface area (Å²) in [4.78, 5) is 30.9. The quantitative estimate of drug-likeness (QED) is 0.227. The first-order chi connectivity index (χ1) is 19.4. The van der Waals surface area contributed by atoms with Gasteiger partial charge in [-0.25, -0.2) is 0 Å². The number of hydrogen-bond donors (Lipinski definition) is 2. The number of H-pyrrole nitrogens is 1. The van der Waals surface area contributed by atoms with E-state index in [1.165, 1.54) is 0 Å². The number of furan rings is 1. The predicted octanol–water partition coefficient (Wildman–Crippen LogP) is 6.66. The number of aromatic amines is 1. The van der Waals surface area contributed by atoms with Crippen molar-refractivity contribution in [1.29, 1.82) is 0 Å². The van der Waals surface area contributed by atoms with E-state index in [1.54, 1.807) is 43.4 Å². The van der Waals surface area contributed by atoms with Crippen LogP contribution in [0.2, 0.25) is 0 Å². The Kier molecular flexibility index (Phi) is 6.81. The first kappa shape index (κ1) is 25.8. The van der Waals surface area contributed by atoms with Crippen LogP contribution in [-0.4, -0.2) is 42.5 Å². The number of anilines is 1. The first-order valence-corrected chi connectivity index (χ1v) is 13.5. The molecule has 0 spiro atoms. The Morgan fingerprint density at radius 3 is 2.42 bits per heavy atom. The fourth-order valence-corrected chi connectivity index (χ4v) is 5.32. The van der Waals surface area contributed by atoms with Gasteiger partial charge in [0.2, 0.25) is 0 Å². The van der Waals surface area contributed by atoms with Crippen LogP contribution in [0.3, 0.4) is 0 Å². The molecule has 0 radical (unpaired) electrons. The number of nitrogens with one attached hydrogen (secondary N) is 2. The molecule has 0 aliphatic carbocycles. The molecule has 2 N–H and O–H groups in total. The van der Waals surface area contributed by atoms with Crippen LogP contribution in [-0.2, 0) is 13.0 Å². The summed E-state index contributed by atoms with van der Waals surface area (Å²) in [6, 6.07) is 22.3. The van der Waals surface area contributed by atoms with Crippen molar-refractivity contribution in [3.63, 3.8) is 0 Å². The van der Waals surface area contributed by atoms with Gasteiger partial charge >= 0.3 is 0 Å². The van der Waals surface area contributed by atoms with E-state index in [9.17, 15) is 9.59 Å². The molecule has 0 bridgehead atoms. The van der Waals surface area contributed by atoms with Gasteiger partial charge < -0.3 is 29.1 Å². The van der Waals surface area contributed by atoms with Crippen LogP contribution in [0.5, 0.6) is 11.5 Å². The van der Waals surface area contributed by atoms with Gasteiger partial charge in [-0.05, 0) is 84.3 Å². The molecule has 3 heterocycles. The fourth-order valence-electron chi connectivity index (χ4n) is 4.96. The van der Waals surface area contributed by atoms with Gasteiger partial charge in [-0.2, -0.15) is 0 Å². The number of benzene rings is 3. The van der Waals surface area contributed by atoms with E-state index in [-0.39, 0.29) is 17.6 Å². The molecule has 6 rings (SSSR count). The summed E-state index contributed by atoms with van der Waals surface area (Å²) in [7, 11) is 3.22. The van der Waals surface area contributed by atoms with Gasteiger partial charge in [0.25, 0.3) is 11.8 Å². The van der Waals surface area contributed by atoms with Gasteiger partial charge in [0.15, 0.2) is 17.3 Å². The fraction of sp³-hybridized carbons (Fsp3) is 0.161. The highest BCUT2D eigenvalue weighted by molar-refractivity contribution is 9.10. The zero-order valence-electron chi connectivity index (χ0n) is 21.9. The molecule has 1 aliphatic heterocycles. The molecule has 0 saturated carbocycles. The number of fused-ring (bicyclic) bond motifs is 2. The second-order valence-electron chi connectivity index (χ2n) is 9.56. The highest BCUT2D eigenvalue weighted by Crippen LogP contribution is 2.34. The Morgan fingerprint density at radius 1 is 0.925 bits per heavy atom. The molecule has 0 unspecified atom stereocenters. The third-order valence-electron chi connectivity index (χ3n) is 7.08. The second-order valence-corrected chi connectivity index (χ2v) is 10.5. The molecule has 2 amide bonds. The molecular formula is C31H26BrN3O5. The molecule has 202 valence electrons. The lowest BCUT2D eigenvalue weighted by molar-refractivity contribution is 0.0703. The lowest BCUT2D eigenvalue weighted by Crippen LogP contribution is -2.35. The number of aromatic nitrogens is 1. The summed E-state index contributed by atoms with van der Waals surface area (Å²) >= 11 is 3.45. The average Bonchev–Trinajstić information content (AvgIpc) is 3.64. The predicted molar refractivity (Wildman–Crippen MR) is 156 cm³/mol. The highest BCUT2D eigenvalue weighted by Gasteiger charge is 2.26. The van der Waals surface area contributed by atoms with Gasteiger partial charge in [-0.1, -0.05) is 22.0 Å². The van der Waals surface area contributed by atoms with Crippen molar-refractivity contribution in [3.05, 3.63) is 99.9 Å². The second kappa shape index (κ2) is 10.6. The Bertz CT molecular complexity index is 1740. The van der Waals surface area contributed by atoms with Crippen LogP contribution in [0, 0.1) is 0 Å². The standard InChI is InChI=1S/C31H26BrN3O5/c1-38-28-14-19-11-12-35(17-21(19)15-29(28)39-2)31(37)27-10-9-26(40-27)18-4-7-23(8-5-18)33-30(36)25-13-20-3-6-22(32)16-24(20)34-25/h3-10,13-16,34H,11-12,17H2,1-2H3,(H,33,36). The Balaban J connectivity index is 1.12. The minimum atomic E-state index is -0.231. The monoisotopic (exact) mass is 599 g/mol. The lowest BCUT2D eigenvalue weighted by atomic mass is 9.98. The summed E-state index contributed by atoms with van der Waals surface area (Å²) in [5.74, 6) is 1.79. The van der Waals surface area contributed by atoms with Crippen LogP contribution in [0.15, 0.2) is 81.7 Å². The smallest absolute Gasteiger partial charge is 0.289 e. The number of ether oxygens (including phenoxy) is 2. The normalized spacial score (nSPS) is 12.7. The summed E-state index contributed by atoms with van der Waals surface area (Å²) in [5.41, 5.74) is 4.98. The molecule has 9 heteroatoms. The molecular weight excluding hydrogens is 574 g/mol. The number of rotatable bonds is 6. The minimum Gasteiger partial charge on any atom is -0.493 e. The molecule has 3 aromatic carbocycles. The third-order valence-corrected chi connectivity index (χ3v) is 7.57. The van der Waals surface area contributed by atoms with Crippen molar-refractivity contribution in [2.24, 2.45) is 0 Å². The van der Waals surface area contributed by atoms with Crippen molar-refractivity contribution >= 4 is 44.3 Å². The van der Waals surface area contributed by atoms with Gasteiger partial charge in [-0.3, -0.25) is 9.59 Å². The van der Waals surface area contributed by atoms with E-state index >= 15 is 0 Å². The molecule has 8 nitrogen and oxygen atoms in total. The zero-order chi connectivity index (χ0) is 27.8. The minimum absolute atomic E-state index is 0.166. The molecule has 5 aromatic rings. The van der Waals surface area contributed by atoms with Crippen LogP contribution in [0.25, 0.3) is 22.2 Å². The van der Waals surface area contributed by atoms with Gasteiger partial charge in [0, 0.05) is 39.7 Å². The largest absolute Gasteiger partial charge is 0.493 e. The van der Waals surface area contributed by atoms with Crippen molar-refractivity contribution in [1.82, 2.24) is 9.88 Å².